The van der Waals surface area contributed by atoms with E-state index >= 15 is 0 Å². The Kier molecular flexibility index (Phi) is 4.43. The summed E-state index contributed by atoms with van der Waals surface area (Å²) in [6.45, 7) is 7.82. The first-order chi connectivity index (χ1) is 11.4. The molecule has 1 aromatic heterocycles. The van der Waals surface area contributed by atoms with Crippen molar-refractivity contribution >= 4 is 22.7 Å². The Balaban J connectivity index is 1.95. The van der Waals surface area contributed by atoms with Gasteiger partial charge in [-0.2, -0.15) is 0 Å². The number of rotatable bonds is 3. The topological polar surface area (TPSA) is 55.3 Å². The SMILES string of the molecule is COC(=O)C(C)(C)C1CCCN(c2ncnc3cccc(C)c23)C1. The minimum absolute atomic E-state index is 0.141. The average Bonchev–Trinajstić information content (AvgIpc) is 2.61. The second-order valence-corrected chi connectivity index (χ2v) is 7.16. The molecule has 128 valence electrons. The summed E-state index contributed by atoms with van der Waals surface area (Å²) in [5.74, 6) is 1.08. The number of anilines is 1. The summed E-state index contributed by atoms with van der Waals surface area (Å²) < 4.78 is 5.02. The molecule has 0 N–H and O–H groups in total. The van der Waals surface area contributed by atoms with Crippen LogP contribution in [0.4, 0.5) is 5.82 Å². The van der Waals surface area contributed by atoms with E-state index in [-0.39, 0.29) is 11.9 Å². The van der Waals surface area contributed by atoms with Crippen LogP contribution >= 0.6 is 0 Å². The molecule has 0 spiro atoms. The molecule has 0 amide bonds. The van der Waals surface area contributed by atoms with Gasteiger partial charge < -0.3 is 9.64 Å². The minimum Gasteiger partial charge on any atom is -0.469 e. The molecule has 5 heteroatoms. The van der Waals surface area contributed by atoms with Crippen LogP contribution in [0.25, 0.3) is 10.9 Å². The Morgan fingerprint density at radius 2 is 2.12 bits per heavy atom. The highest BCUT2D eigenvalue weighted by molar-refractivity contribution is 5.92. The van der Waals surface area contributed by atoms with Crippen molar-refractivity contribution in [2.75, 3.05) is 25.1 Å². The van der Waals surface area contributed by atoms with Crippen molar-refractivity contribution in [2.24, 2.45) is 11.3 Å². The first-order valence-corrected chi connectivity index (χ1v) is 8.49. The molecule has 0 radical (unpaired) electrons. The van der Waals surface area contributed by atoms with Gasteiger partial charge >= 0.3 is 5.97 Å². The normalized spacial score (nSPS) is 18.7. The highest BCUT2D eigenvalue weighted by atomic mass is 16.5. The second-order valence-electron chi connectivity index (χ2n) is 7.16. The van der Waals surface area contributed by atoms with Crippen molar-refractivity contribution in [3.8, 4) is 0 Å². The van der Waals surface area contributed by atoms with E-state index in [9.17, 15) is 4.79 Å². The molecule has 0 saturated carbocycles. The molecule has 1 aromatic carbocycles. The van der Waals surface area contributed by atoms with Gasteiger partial charge in [-0.05, 0) is 51.2 Å². The summed E-state index contributed by atoms with van der Waals surface area (Å²) in [6.07, 6.45) is 3.70. The van der Waals surface area contributed by atoms with Crippen molar-refractivity contribution in [3.63, 3.8) is 0 Å². The van der Waals surface area contributed by atoms with Crippen LogP contribution in [0.1, 0.15) is 32.3 Å². The van der Waals surface area contributed by atoms with Gasteiger partial charge in [-0.1, -0.05) is 12.1 Å². The monoisotopic (exact) mass is 327 g/mol. The predicted octanol–water partition coefficient (Wildman–Crippen LogP) is 3.35. The number of esters is 1. The molecule has 1 fully saturated rings. The molecule has 2 heterocycles. The number of benzene rings is 1. The van der Waals surface area contributed by atoms with E-state index in [0.29, 0.717) is 0 Å². The third-order valence-electron chi connectivity index (χ3n) is 5.30. The van der Waals surface area contributed by atoms with Gasteiger partial charge in [0.2, 0.25) is 0 Å². The molecule has 0 aliphatic carbocycles. The smallest absolute Gasteiger partial charge is 0.311 e. The predicted molar refractivity (Wildman–Crippen MR) is 95.0 cm³/mol. The lowest BCUT2D eigenvalue weighted by atomic mass is 9.74. The van der Waals surface area contributed by atoms with Crippen LogP contribution in [0.2, 0.25) is 0 Å². The highest BCUT2D eigenvalue weighted by Crippen LogP contribution is 2.37. The lowest BCUT2D eigenvalue weighted by molar-refractivity contribution is -0.154. The number of carbonyl (C=O) groups excluding carboxylic acids is 1. The maximum Gasteiger partial charge on any atom is 0.311 e. The standard InChI is InChI=1S/C19H25N3O2/c1-13-7-5-9-15-16(13)17(21-12-20-15)22-10-6-8-14(11-22)19(2,3)18(23)24-4/h5,7,9,12,14H,6,8,10-11H2,1-4H3. The Morgan fingerprint density at radius 3 is 2.88 bits per heavy atom. The summed E-state index contributed by atoms with van der Waals surface area (Å²) >= 11 is 0. The average molecular weight is 327 g/mol. The summed E-state index contributed by atoms with van der Waals surface area (Å²) in [7, 11) is 1.46. The van der Waals surface area contributed by atoms with Crippen LogP contribution in [-0.2, 0) is 9.53 Å². The number of nitrogens with zero attached hydrogens (tertiary/aromatic N) is 3. The van der Waals surface area contributed by atoms with E-state index in [1.165, 1.54) is 12.7 Å². The number of aryl methyl sites for hydroxylation is 1. The van der Waals surface area contributed by atoms with Gasteiger partial charge in [0.1, 0.15) is 12.1 Å². The summed E-state index contributed by atoms with van der Waals surface area (Å²) in [4.78, 5) is 23.4. The Hall–Kier alpha value is -2.17. The largest absolute Gasteiger partial charge is 0.469 e. The van der Waals surface area contributed by atoms with Crippen LogP contribution in [0.5, 0.6) is 0 Å². The summed E-state index contributed by atoms with van der Waals surface area (Å²) in [5, 5.41) is 1.11. The van der Waals surface area contributed by atoms with E-state index in [1.807, 2.05) is 26.0 Å². The van der Waals surface area contributed by atoms with Gasteiger partial charge in [0.15, 0.2) is 0 Å². The molecule has 24 heavy (non-hydrogen) atoms. The van der Waals surface area contributed by atoms with E-state index < -0.39 is 5.41 Å². The van der Waals surface area contributed by atoms with Crippen molar-refractivity contribution in [1.82, 2.24) is 9.97 Å². The Morgan fingerprint density at radius 1 is 1.33 bits per heavy atom. The van der Waals surface area contributed by atoms with Crippen molar-refractivity contribution in [2.45, 2.75) is 33.6 Å². The van der Waals surface area contributed by atoms with Gasteiger partial charge in [-0.25, -0.2) is 9.97 Å². The number of hydrogen-bond donors (Lipinski definition) is 0. The highest BCUT2D eigenvalue weighted by Gasteiger charge is 2.40. The molecule has 1 atom stereocenters. The Labute approximate surface area is 143 Å². The Bertz CT molecular complexity index is 752. The third kappa shape index (κ3) is 2.83. The van der Waals surface area contributed by atoms with Crippen molar-refractivity contribution in [3.05, 3.63) is 30.1 Å². The summed E-state index contributed by atoms with van der Waals surface area (Å²) in [5.41, 5.74) is 1.65. The maximum absolute atomic E-state index is 12.2. The fourth-order valence-corrected chi connectivity index (χ4v) is 3.69. The zero-order valence-electron chi connectivity index (χ0n) is 14.9. The van der Waals surface area contributed by atoms with Gasteiger partial charge in [-0.3, -0.25) is 4.79 Å². The number of aromatic nitrogens is 2. The molecular weight excluding hydrogens is 302 g/mol. The van der Waals surface area contributed by atoms with Gasteiger partial charge in [0.05, 0.1) is 18.0 Å². The molecular formula is C19H25N3O2. The zero-order valence-corrected chi connectivity index (χ0v) is 14.9. The first kappa shape index (κ1) is 16.7. The van der Waals surface area contributed by atoms with Crippen LogP contribution in [-0.4, -0.2) is 36.1 Å². The summed E-state index contributed by atoms with van der Waals surface area (Å²) in [6, 6.07) is 6.14. The first-order valence-electron chi connectivity index (χ1n) is 8.49. The molecule has 5 nitrogen and oxygen atoms in total. The third-order valence-corrected chi connectivity index (χ3v) is 5.30. The quantitative estimate of drug-likeness (QED) is 0.809. The molecule has 1 aliphatic rings. The lowest BCUT2D eigenvalue weighted by Crippen LogP contribution is -2.45. The van der Waals surface area contributed by atoms with E-state index in [4.69, 9.17) is 4.74 Å². The van der Waals surface area contributed by atoms with Crippen LogP contribution in [0, 0.1) is 18.3 Å². The van der Waals surface area contributed by atoms with Crippen LogP contribution < -0.4 is 4.90 Å². The van der Waals surface area contributed by atoms with E-state index in [0.717, 1.165) is 42.7 Å². The van der Waals surface area contributed by atoms with Crippen molar-refractivity contribution < 1.29 is 9.53 Å². The number of methoxy groups -OCH3 is 1. The zero-order chi connectivity index (χ0) is 17.3. The van der Waals surface area contributed by atoms with Gasteiger partial charge in [-0.15, -0.1) is 0 Å². The van der Waals surface area contributed by atoms with E-state index in [1.54, 1.807) is 6.33 Å². The van der Waals surface area contributed by atoms with Crippen molar-refractivity contribution in [1.29, 1.82) is 0 Å². The number of hydrogen-bond acceptors (Lipinski definition) is 5. The molecule has 1 aliphatic heterocycles. The van der Waals surface area contributed by atoms with Gasteiger partial charge in [0.25, 0.3) is 0 Å². The molecule has 3 rings (SSSR count). The second kappa shape index (κ2) is 6.38. The number of ether oxygens (including phenoxy) is 1. The fourth-order valence-electron chi connectivity index (χ4n) is 3.69. The lowest BCUT2D eigenvalue weighted by Gasteiger charge is -2.40. The minimum atomic E-state index is -0.495. The molecule has 1 saturated heterocycles. The number of fused-ring (bicyclic) bond motifs is 1. The van der Waals surface area contributed by atoms with Gasteiger partial charge in [0, 0.05) is 18.5 Å². The van der Waals surface area contributed by atoms with Crippen LogP contribution in [0.3, 0.4) is 0 Å². The number of piperidine rings is 1. The number of carbonyl (C=O) groups is 1. The maximum atomic E-state index is 12.2. The fraction of sp³-hybridized carbons (Fsp3) is 0.526. The molecule has 0 bridgehead atoms. The molecule has 1 unspecified atom stereocenters. The molecule has 2 aromatic rings. The van der Waals surface area contributed by atoms with Crippen LogP contribution in [0.15, 0.2) is 24.5 Å². The van der Waals surface area contributed by atoms with E-state index in [2.05, 4.69) is 27.9 Å².